The summed E-state index contributed by atoms with van der Waals surface area (Å²) in [6.45, 7) is 0. The van der Waals surface area contributed by atoms with Crippen molar-refractivity contribution in [2.24, 2.45) is 5.73 Å². The summed E-state index contributed by atoms with van der Waals surface area (Å²) in [5, 5.41) is 5.42. The van der Waals surface area contributed by atoms with Crippen LogP contribution in [0, 0.1) is 0 Å². The van der Waals surface area contributed by atoms with E-state index in [4.69, 9.17) is 11.1 Å². The summed E-state index contributed by atoms with van der Waals surface area (Å²) in [4.78, 5) is 2.02. The Morgan fingerprint density at radius 1 is 1.25 bits per heavy atom. The van der Waals surface area contributed by atoms with Gasteiger partial charge in [0.15, 0.2) is 0 Å². The molecule has 3 heteroatoms. The Hall–Kier alpha value is -1.51. The highest BCUT2D eigenvalue weighted by atomic mass is 15.1. The molecule has 0 spiro atoms. The molecule has 1 rings (SSSR count). The van der Waals surface area contributed by atoms with Crippen LogP contribution in [0.3, 0.4) is 0 Å². The maximum absolute atomic E-state index is 5.42. The van der Waals surface area contributed by atoms with E-state index in [-0.39, 0.29) is 0 Å². The van der Waals surface area contributed by atoms with Crippen LogP contribution in [0.5, 0.6) is 0 Å². The van der Waals surface area contributed by atoms with Crippen molar-refractivity contribution in [3.8, 4) is 0 Å². The predicted molar refractivity (Wildman–Crippen MR) is 51.0 cm³/mol. The van der Waals surface area contributed by atoms with Gasteiger partial charge in [-0.05, 0) is 24.3 Å². The van der Waals surface area contributed by atoms with Crippen molar-refractivity contribution in [3.63, 3.8) is 0 Å². The Bertz CT molecular complexity index is 274. The largest absolute Gasteiger partial charge is 0.378 e. The van der Waals surface area contributed by atoms with Gasteiger partial charge in [-0.1, -0.05) is 0 Å². The molecule has 0 aliphatic heterocycles. The van der Waals surface area contributed by atoms with Gasteiger partial charge in [0.1, 0.15) is 0 Å². The molecule has 0 unspecified atom stereocenters. The van der Waals surface area contributed by atoms with Gasteiger partial charge in [-0.2, -0.15) is 0 Å². The number of anilines is 1. The van der Waals surface area contributed by atoms with Crippen LogP contribution >= 0.6 is 0 Å². The number of hydrogen-bond acceptors (Lipinski definition) is 1. The van der Waals surface area contributed by atoms with Gasteiger partial charge in [-0.25, -0.2) is 0 Å². The molecule has 0 fully saturated rings. The molecule has 0 aliphatic rings. The number of amidine groups is 1. The van der Waals surface area contributed by atoms with E-state index < -0.39 is 0 Å². The van der Waals surface area contributed by atoms with E-state index in [9.17, 15) is 0 Å². The molecule has 1 aromatic carbocycles. The lowest BCUT2D eigenvalue weighted by Gasteiger charge is -2.11. The Balaban J connectivity index is 2.93. The first-order valence-electron chi connectivity index (χ1n) is 3.77. The van der Waals surface area contributed by atoms with Gasteiger partial charge in [0.2, 0.25) is 0 Å². The fourth-order valence-corrected chi connectivity index (χ4v) is 0.952. The topological polar surface area (TPSA) is 54.8 Å². The number of nitrogens with zero attached hydrogens (tertiary/aromatic N) is 1. The van der Waals surface area contributed by atoms with Crippen molar-refractivity contribution in [1.29, 1.82) is 0 Å². The van der Waals surface area contributed by atoms with E-state index in [0.29, 0.717) is 5.84 Å². The van der Waals surface area contributed by atoms with Crippen molar-refractivity contribution in [2.45, 2.75) is 0 Å². The first kappa shape index (κ1) is 8.59. The van der Waals surface area contributed by atoms with Crippen molar-refractivity contribution < 1.29 is 5.41 Å². The Kier molecular flexibility index (Phi) is 2.33. The van der Waals surface area contributed by atoms with Crippen LogP contribution in [0.4, 0.5) is 5.69 Å². The standard InChI is InChI=1S/C9H13N3/c1-12(2)8-5-3-7(4-6-8)9(10)11/h3-6H,1-2H3,(H3,10,11)/p+1. The fourth-order valence-electron chi connectivity index (χ4n) is 0.952. The molecule has 4 N–H and O–H groups in total. The van der Waals surface area contributed by atoms with Crippen molar-refractivity contribution >= 4 is 11.5 Å². The zero-order valence-electron chi connectivity index (χ0n) is 7.41. The maximum Gasteiger partial charge on any atom is 0.270 e. The van der Waals surface area contributed by atoms with E-state index >= 15 is 0 Å². The Morgan fingerprint density at radius 3 is 2.08 bits per heavy atom. The second-order valence-electron chi connectivity index (χ2n) is 2.90. The molecule has 64 valence electrons. The highest BCUT2D eigenvalue weighted by molar-refractivity contribution is 5.92. The van der Waals surface area contributed by atoms with Gasteiger partial charge < -0.3 is 4.90 Å². The fraction of sp³-hybridized carbons (Fsp3) is 0.222. The lowest BCUT2D eigenvalue weighted by Crippen LogP contribution is -2.46. The van der Waals surface area contributed by atoms with E-state index in [1.165, 1.54) is 0 Å². The number of benzene rings is 1. The summed E-state index contributed by atoms with van der Waals surface area (Å²) >= 11 is 0. The zero-order valence-corrected chi connectivity index (χ0v) is 7.41. The van der Waals surface area contributed by atoms with Gasteiger partial charge in [0, 0.05) is 19.8 Å². The molecule has 0 radical (unpaired) electrons. The average Bonchev–Trinajstić information content (AvgIpc) is 2.04. The van der Waals surface area contributed by atoms with Crippen LogP contribution in [-0.4, -0.2) is 19.9 Å². The molecule has 12 heavy (non-hydrogen) atoms. The van der Waals surface area contributed by atoms with Gasteiger partial charge in [-0.3, -0.25) is 11.1 Å². The number of hydrogen-bond donors (Lipinski definition) is 2. The molecule has 0 atom stereocenters. The van der Waals surface area contributed by atoms with E-state index in [2.05, 4.69) is 0 Å². The molecule has 0 aromatic heterocycles. The summed E-state index contributed by atoms with van der Waals surface area (Å²) in [5.41, 5.74) is 7.44. The van der Waals surface area contributed by atoms with Gasteiger partial charge in [0.25, 0.3) is 5.84 Å². The molecular weight excluding hydrogens is 150 g/mol. The summed E-state index contributed by atoms with van der Waals surface area (Å²) < 4.78 is 0. The second kappa shape index (κ2) is 3.26. The monoisotopic (exact) mass is 164 g/mol. The van der Waals surface area contributed by atoms with Crippen molar-refractivity contribution in [1.82, 2.24) is 0 Å². The molecule has 0 aliphatic carbocycles. The van der Waals surface area contributed by atoms with Crippen LogP contribution < -0.4 is 16.0 Å². The van der Waals surface area contributed by atoms with Crippen LogP contribution in [0.15, 0.2) is 24.3 Å². The molecule has 0 heterocycles. The highest BCUT2D eigenvalue weighted by Gasteiger charge is 2.00. The van der Waals surface area contributed by atoms with Gasteiger partial charge >= 0.3 is 0 Å². The first-order chi connectivity index (χ1) is 5.61. The summed E-state index contributed by atoms with van der Waals surface area (Å²) in [6, 6.07) is 7.78. The lowest BCUT2D eigenvalue weighted by atomic mass is 10.2. The van der Waals surface area contributed by atoms with E-state index in [1.807, 2.05) is 43.3 Å². The molecular formula is C9H14N3+. The van der Waals surface area contributed by atoms with Crippen LogP contribution in [0.25, 0.3) is 0 Å². The Morgan fingerprint density at radius 2 is 1.75 bits per heavy atom. The smallest absolute Gasteiger partial charge is 0.270 e. The summed E-state index contributed by atoms with van der Waals surface area (Å²) in [7, 11) is 3.98. The third-order valence-electron chi connectivity index (χ3n) is 1.72. The molecule has 0 bridgehead atoms. The molecule has 3 nitrogen and oxygen atoms in total. The second-order valence-corrected chi connectivity index (χ2v) is 2.90. The van der Waals surface area contributed by atoms with Crippen LogP contribution in [0.2, 0.25) is 0 Å². The van der Waals surface area contributed by atoms with Gasteiger partial charge in [-0.15, -0.1) is 0 Å². The Labute approximate surface area is 72.3 Å². The summed E-state index contributed by atoms with van der Waals surface area (Å²) in [6.07, 6.45) is 0. The minimum absolute atomic E-state index is 0.361. The highest BCUT2D eigenvalue weighted by Crippen LogP contribution is 2.10. The number of nitrogens with two attached hydrogens (primary N) is 2. The molecule has 0 saturated heterocycles. The summed E-state index contributed by atoms with van der Waals surface area (Å²) in [5.74, 6) is 0.361. The minimum Gasteiger partial charge on any atom is -0.378 e. The van der Waals surface area contributed by atoms with E-state index in [0.717, 1.165) is 11.3 Å². The quantitative estimate of drug-likeness (QED) is 0.445. The third-order valence-corrected chi connectivity index (χ3v) is 1.72. The molecule has 0 amide bonds. The van der Waals surface area contributed by atoms with Gasteiger partial charge in [0.05, 0.1) is 5.56 Å². The van der Waals surface area contributed by atoms with Crippen molar-refractivity contribution in [3.05, 3.63) is 29.8 Å². The zero-order chi connectivity index (χ0) is 9.14. The van der Waals surface area contributed by atoms with E-state index in [1.54, 1.807) is 0 Å². The normalized spacial score (nSPS) is 9.50. The third kappa shape index (κ3) is 1.75. The lowest BCUT2D eigenvalue weighted by molar-refractivity contribution is -0.114. The first-order valence-corrected chi connectivity index (χ1v) is 3.77. The average molecular weight is 164 g/mol. The SMILES string of the molecule is CN(C)c1ccc(C(N)=[NH2+])cc1. The molecule has 1 aromatic rings. The van der Waals surface area contributed by atoms with Crippen molar-refractivity contribution in [2.75, 3.05) is 19.0 Å². The van der Waals surface area contributed by atoms with Crippen LogP contribution in [0.1, 0.15) is 5.56 Å². The maximum atomic E-state index is 5.42. The van der Waals surface area contributed by atoms with Crippen LogP contribution in [-0.2, 0) is 0 Å². The predicted octanol–water partition coefficient (Wildman–Crippen LogP) is -0.783. The minimum atomic E-state index is 0.361. The number of rotatable bonds is 2. The molecule has 0 saturated carbocycles.